The van der Waals surface area contributed by atoms with Crippen molar-refractivity contribution in [1.82, 2.24) is 0 Å². The molecule has 0 heterocycles. The molecule has 20 heavy (non-hydrogen) atoms. The van der Waals surface area contributed by atoms with Crippen LogP contribution in [-0.2, 0) is 6.18 Å². The molecule has 0 unspecified atom stereocenters. The minimum atomic E-state index is -4.45. The average Bonchev–Trinajstić information content (AvgIpc) is 2.33. The molecule has 0 radical (unpaired) electrons. The van der Waals surface area contributed by atoms with Crippen molar-refractivity contribution >= 4 is 23.0 Å². The lowest BCUT2D eigenvalue weighted by Gasteiger charge is -2.12. The molecular weight excluding hydrogens is 293 g/mol. The van der Waals surface area contributed by atoms with Gasteiger partial charge < -0.3 is 16.2 Å². The number of benzene rings is 2. The van der Waals surface area contributed by atoms with Gasteiger partial charge in [0, 0.05) is 5.69 Å². The summed E-state index contributed by atoms with van der Waals surface area (Å²) < 4.78 is 42.9. The number of hydrogen-bond acceptors (Lipinski definition) is 3. The van der Waals surface area contributed by atoms with Gasteiger partial charge in [-0.15, -0.1) is 0 Å². The van der Waals surface area contributed by atoms with Crippen LogP contribution in [0.15, 0.2) is 36.4 Å². The maximum Gasteiger partial charge on any atom is 0.416 e. The lowest BCUT2D eigenvalue weighted by atomic mass is 10.2. The van der Waals surface area contributed by atoms with Crippen molar-refractivity contribution in [3.8, 4) is 11.5 Å². The molecular formula is C13H10ClF3N2O. The van der Waals surface area contributed by atoms with Gasteiger partial charge in [0.05, 0.1) is 16.3 Å². The highest BCUT2D eigenvalue weighted by Gasteiger charge is 2.31. The van der Waals surface area contributed by atoms with Crippen LogP contribution in [0, 0.1) is 0 Å². The molecule has 0 spiro atoms. The van der Waals surface area contributed by atoms with Crippen molar-refractivity contribution in [2.24, 2.45) is 0 Å². The smallest absolute Gasteiger partial charge is 0.416 e. The lowest BCUT2D eigenvalue weighted by molar-refractivity contribution is -0.137. The zero-order valence-corrected chi connectivity index (χ0v) is 10.8. The first-order valence-corrected chi connectivity index (χ1v) is 5.85. The minimum Gasteiger partial charge on any atom is -0.454 e. The summed E-state index contributed by atoms with van der Waals surface area (Å²) in [5.41, 5.74) is 10.6. The van der Waals surface area contributed by atoms with E-state index in [1.54, 1.807) is 6.07 Å². The quantitative estimate of drug-likeness (QED) is 0.812. The first-order valence-electron chi connectivity index (χ1n) is 5.47. The molecule has 0 aromatic heterocycles. The first-order chi connectivity index (χ1) is 9.27. The molecule has 2 aromatic carbocycles. The molecule has 106 valence electrons. The normalized spacial score (nSPS) is 11.4. The monoisotopic (exact) mass is 302 g/mol. The van der Waals surface area contributed by atoms with Crippen LogP contribution in [0.4, 0.5) is 24.5 Å². The second kappa shape index (κ2) is 5.13. The highest BCUT2D eigenvalue weighted by atomic mass is 35.5. The molecule has 0 aliphatic carbocycles. The van der Waals surface area contributed by atoms with Gasteiger partial charge >= 0.3 is 6.18 Å². The number of rotatable bonds is 2. The van der Waals surface area contributed by atoms with Gasteiger partial charge in [0.15, 0.2) is 0 Å². The average molecular weight is 303 g/mol. The van der Waals surface area contributed by atoms with Crippen molar-refractivity contribution in [3.63, 3.8) is 0 Å². The van der Waals surface area contributed by atoms with E-state index in [9.17, 15) is 13.2 Å². The second-order valence-corrected chi connectivity index (χ2v) is 4.45. The Morgan fingerprint density at radius 2 is 1.60 bits per heavy atom. The van der Waals surface area contributed by atoms with E-state index in [2.05, 4.69) is 0 Å². The minimum absolute atomic E-state index is 0.0877. The molecule has 7 heteroatoms. The van der Waals surface area contributed by atoms with Crippen molar-refractivity contribution in [2.45, 2.75) is 6.18 Å². The van der Waals surface area contributed by atoms with Gasteiger partial charge in [-0.25, -0.2) is 0 Å². The number of ether oxygens (including phenoxy) is 1. The summed E-state index contributed by atoms with van der Waals surface area (Å²) in [4.78, 5) is 0. The van der Waals surface area contributed by atoms with E-state index in [1.165, 1.54) is 12.1 Å². The fourth-order valence-electron chi connectivity index (χ4n) is 1.54. The molecule has 3 nitrogen and oxygen atoms in total. The molecule has 0 aliphatic heterocycles. The Bertz CT molecular complexity index is 644. The molecule has 0 aliphatic rings. The lowest BCUT2D eigenvalue weighted by Crippen LogP contribution is -2.06. The van der Waals surface area contributed by atoms with Gasteiger partial charge in [0.1, 0.15) is 11.5 Å². The summed E-state index contributed by atoms with van der Waals surface area (Å²) in [7, 11) is 0. The van der Waals surface area contributed by atoms with Gasteiger partial charge in [0.2, 0.25) is 0 Å². The third-order valence-corrected chi connectivity index (χ3v) is 2.81. The standard InChI is InChI=1S/C13H10ClF3N2O/c14-9-6-8(18)2-4-11(9)20-12-3-1-7(5-10(12)19)13(15,16)17/h1-6H,18-19H2. The number of nitrogens with two attached hydrogens (primary N) is 2. The summed E-state index contributed by atoms with van der Waals surface area (Å²) in [5.74, 6) is 0.344. The summed E-state index contributed by atoms with van der Waals surface area (Å²) >= 11 is 5.91. The van der Waals surface area contributed by atoms with Gasteiger partial charge in [0.25, 0.3) is 0 Å². The highest BCUT2D eigenvalue weighted by molar-refractivity contribution is 6.32. The Morgan fingerprint density at radius 1 is 0.950 bits per heavy atom. The zero-order valence-electron chi connectivity index (χ0n) is 10.0. The summed E-state index contributed by atoms with van der Waals surface area (Å²) in [6.45, 7) is 0. The largest absolute Gasteiger partial charge is 0.454 e. The number of nitrogen functional groups attached to an aromatic ring is 2. The van der Waals surface area contributed by atoms with Crippen LogP contribution in [0.1, 0.15) is 5.56 Å². The number of hydrogen-bond donors (Lipinski definition) is 2. The Kier molecular flexibility index (Phi) is 3.67. The molecule has 0 saturated carbocycles. The molecule has 2 aromatic rings. The van der Waals surface area contributed by atoms with E-state index in [4.69, 9.17) is 27.8 Å². The third-order valence-electron chi connectivity index (χ3n) is 2.51. The molecule has 0 amide bonds. The van der Waals surface area contributed by atoms with Crippen LogP contribution in [0.3, 0.4) is 0 Å². The van der Waals surface area contributed by atoms with Crippen molar-refractivity contribution < 1.29 is 17.9 Å². The Morgan fingerprint density at radius 3 is 2.15 bits per heavy atom. The maximum absolute atomic E-state index is 12.5. The summed E-state index contributed by atoms with van der Waals surface area (Å²) in [6.07, 6.45) is -4.45. The van der Waals surface area contributed by atoms with E-state index in [-0.39, 0.29) is 22.2 Å². The third kappa shape index (κ3) is 3.08. The molecule has 0 bridgehead atoms. The van der Waals surface area contributed by atoms with Crippen LogP contribution in [0.5, 0.6) is 11.5 Å². The van der Waals surface area contributed by atoms with Crippen LogP contribution in [-0.4, -0.2) is 0 Å². The highest BCUT2D eigenvalue weighted by Crippen LogP contribution is 2.37. The van der Waals surface area contributed by atoms with E-state index < -0.39 is 11.7 Å². The maximum atomic E-state index is 12.5. The van der Waals surface area contributed by atoms with Crippen molar-refractivity contribution in [2.75, 3.05) is 11.5 Å². The van der Waals surface area contributed by atoms with E-state index in [1.807, 2.05) is 0 Å². The predicted molar refractivity (Wildman–Crippen MR) is 71.8 cm³/mol. The van der Waals surface area contributed by atoms with Crippen molar-refractivity contribution in [1.29, 1.82) is 0 Å². The van der Waals surface area contributed by atoms with Gasteiger partial charge in [-0.3, -0.25) is 0 Å². The van der Waals surface area contributed by atoms with E-state index in [0.717, 1.165) is 18.2 Å². The Hall–Kier alpha value is -2.08. The van der Waals surface area contributed by atoms with Crippen LogP contribution in [0.25, 0.3) is 0 Å². The number of alkyl halides is 3. The molecule has 0 saturated heterocycles. The zero-order chi connectivity index (χ0) is 14.9. The Labute approximate surface area is 117 Å². The van der Waals surface area contributed by atoms with Crippen molar-refractivity contribution in [3.05, 3.63) is 47.0 Å². The molecule has 4 N–H and O–H groups in total. The predicted octanol–water partition coefficient (Wildman–Crippen LogP) is 4.32. The number of halogens is 4. The van der Waals surface area contributed by atoms with Crippen LogP contribution < -0.4 is 16.2 Å². The van der Waals surface area contributed by atoms with E-state index >= 15 is 0 Å². The van der Waals surface area contributed by atoms with Crippen LogP contribution >= 0.6 is 11.6 Å². The SMILES string of the molecule is Nc1ccc(Oc2ccc(C(F)(F)F)cc2N)c(Cl)c1. The second-order valence-electron chi connectivity index (χ2n) is 4.04. The van der Waals surface area contributed by atoms with Gasteiger partial charge in [-0.05, 0) is 36.4 Å². The topological polar surface area (TPSA) is 61.3 Å². The van der Waals surface area contributed by atoms with Crippen LogP contribution in [0.2, 0.25) is 5.02 Å². The fraction of sp³-hybridized carbons (Fsp3) is 0.0769. The van der Waals surface area contributed by atoms with Gasteiger partial charge in [-0.2, -0.15) is 13.2 Å². The summed E-state index contributed by atoms with van der Waals surface area (Å²) in [5, 5.41) is 0.240. The molecule has 2 rings (SSSR count). The molecule has 0 atom stereocenters. The number of anilines is 2. The first kappa shape index (κ1) is 14.3. The fourth-order valence-corrected chi connectivity index (χ4v) is 1.76. The summed E-state index contributed by atoms with van der Waals surface area (Å²) in [6, 6.07) is 7.37. The van der Waals surface area contributed by atoms with Gasteiger partial charge in [-0.1, -0.05) is 11.6 Å². The molecule has 0 fully saturated rings. The van der Waals surface area contributed by atoms with E-state index in [0.29, 0.717) is 5.69 Å². The Balaban J connectivity index is 2.30.